The van der Waals surface area contributed by atoms with Gasteiger partial charge >= 0.3 is 0 Å². The van der Waals surface area contributed by atoms with Gasteiger partial charge in [-0.25, -0.2) is 13.1 Å². The van der Waals surface area contributed by atoms with Crippen LogP contribution in [-0.4, -0.2) is 38.0 Å². The molecule has 0 saturated carbocycles. The summed E-state index contributed by atoms with van der Waals surface area (Å²) in [6.45, 7) is 4.87. The van der Waals surface area contributed by atoms with Crippen molar-refractivity contribution in [3.05, 3.63) is 18.0 Å². The summed E-state index contributed by atoms with van der Waals surface area (Å²) in [5.74, 6) is -0.662. The Balaban J connectivity index is 0.00000361. The first-order valence-corrected chi connectivity index (χ1v) is 7.45. The van der Waals surface area contributed by atoms with Gasteiger partial charge in [0.2, 0.25) is 10.0 Å². The highest BCUT2D eigenvalue weighted by Crippen LogP contribution is 2.12. The maximum atomic E-state index is 12.0. The van der Waals surface area contributed by atoms with E-state index < -0.39 is 15.9 Å². The molecule has 0 radical (unpaired) electrons. The van der Waals surface area contributed by atoms with E-state index in [-0.39, 0.29) is 35.6 Å². The first kappa shape index (κ1) is 18.9. The number of aryl methyl sites for hydroxylation is 1. The molecule has 0 unspecified atom stereocenters. The Labute approximate surface area is 125 Å². The summed E-state index contributed by atoms with van der Waals surface area (Å²) in [7, 11) is -2.06. The number of likely N-dealkylation sites (N-methyl/N-ethyl adjacent to an activating group) is 1. The van der Waals surface area contributed by atoms with Crippen molar-refractivity contribution < 1.29 is 13.2 Å². The molecule has 1 atom stereocenters. The first-order valence-electron chi connectivity index (χ1n) is 5.97. The number of hydrogen-bond donors (Lipinski definition) is 3. The predicted molar refractivity (Wildman–Crippen MR) is 79.5 cm³/mol. The van der Waals surface area contributed by atoms with Crippen molar-refractivity contribution in [2.24, 2.45) is 12.8 Å². The predicted octanol–water partition coefficient (Wildman–Crippen LogP) is -0.178. The van der Waals surface area contributed by atoms with Gasteiger partial charge < -0.3 is 15.6 Å². The number of nitrogens with two attached hydrogens (primary N) is 1. The van der Waals surface area contributed by atoms with Gasteiger partial charge in [0.15, 0.2) is 0 Å². The maximum Gasteiger partial charge on any atom is 0.265 e. The molecule has 0 aliphatic rings. The van der Waals surface area contributed by atoms with Crippen LogP contribution in [0.25, 0.3) is 0 Å². The maximum absolute atomic E-state index is 12.0. The highest BCUT2D eigenvalue weighted by atomic mass is 35.5. The highest BCUT2D eigenvalue weighted by Gasteiger charge is 2.19. The lowest BCUT2D eigenvalue weighted by Gasteiger charge is -2.12. The molecule has 0 aliphatic heterocycles. The molecule has 9 heteroatoms. The van der Waals surface area contributed by atoms with Gasteiger partial charge in [-0.1, -0.05) is 6.92 Å². The molecule has 1 aromatic rings. The van der Waals surface area contributed by atoms with Gasteiger partial charge in [-0.05, 0) is 19.5 Å². The van der Waals surface area contributed by atoms with E-state index >= 15 is 0 Å². The van der Waals surface area contributed by atoms with E-state index in [0.29, 0.717) is 0 Å². The summed E-state index contributed by atoms with van der Waals surface area (Å²) < 4.78 is 27.9. The number of primary amides is 1. The lowest BCUT2D eigenvalue weighted by atomic mass is 10.3. The van der Waals surface area contributed by atoms with Crippen molar-refractivity contribution in [3.8, 4) is 0 Å². The minimum Gasteiger partial charge on any atom is -0.364 e. The van der Waals surface area contributed by atoms with E-state index in [1.54, 1.807) is 7.05 Å². The van der Waals surface area contributed by atoms with Crippen LogP contribution in [0, 0.1) is 0 Å². The van der Waals surface area contributed by atoms with E-state index in [2.05, 4.69) is 10.0 Å². The molecule has 0 aromatic carbocycles. The van der Waals surface area contributed by atoms with Gasteiger partial charge in [0, 0.05) is 25.8 Å². The molecule has 1 rings (SSSR count). The summed E-state index contributed by atoms with van der Waals surface area (Å²) in [4.78, 5) is 11.1. The second-order valence-corrected chi connectivity index (χ2v) is 6.11. The largest absolute Gasteiger partial charge is 0.364 e. The van der Waals surface area contributed by atoms with Crippen molar-refractivity contribution in [2.75, 3.05) is 13.1 Å². The Hall–Kier alpha value is -1.09. The molecule has 0 spiro atoms. The summed E-state index contributed by atoms with van der Waals surface area (Å²) in [6, 6.07) is 1.29. The average molecular weight is 325 g/mol. The van der Waals surface area contributed by atoms with Crippen LogP contribution >= 0.6 is 12.4 Å². The second kappa shape index (κ2) is 7.63. The monoisotopic (exact) mass is 324 g/mol. The van der Waals surface area contributed by atoms with E-state index in [0.717, 1.165) is 6.54 Å². The Kier molecular flexibility index (Phi) is 7.21. The lowest BCUT2D eigenvalue weighted by Crippen LogP contribution is -2.38. The molecule has 1 aromatic heterocycles. The van der Waals surface area contributed by atoms with Gasteiger partial charge in [-0.3, -0.25) is 4.79 Å². The van der Waals surface area contributed by atoms with Crippen LogP contribution in [0.5, 0.6) is 0 Å². The van der Waals surface area contributed by atoms with Crippen LogP contribution in [0.15, 0.2) is 17.2 Å². The number of carbonyl (C=O) groups is 1. The molecule has 20 heavy (non-hydrogen) atoms. The number of nitrogens with one attached hydrogen (secondary N) is 2. The van der Waals surface area contributed by atoms with Crippen LogP contribution in [-0.2, 0) is 17.1 Å². The SMILES string of the molecule is CCN[C@H](C)CNS(=O)(=O)c1cc(C(N)=O)n(C)c1.Cl. The number of nitrogens with zero attached hydrogens (tertiary/aromatic N) is 1. The molecule has 0 fully saturated rings. The lowest BCUT2D eigenvalue weighted by molar-refractivity contribution is 0.0992. The van der Waals surface area contributed by atoms with Gasteiger partial charge in [0.05, 0.1) is 0 Å². The van der Waals surface area contributed by atoms with Crippen LogP contribution in [0.4, 0.5) is 0 Å². The molecule has 116 valence electrons. The molecule has 1 heterocycles. The van der Waals surface area contributed by atoms with Gasteiger partial charge in [0.1, 0.15) is 10.6 Å². The highest BCUT2D eigenvalue weighted by molar-refractivity contribution is 7.89. The molecule has 0 bridgehead atoms. The standard InChI is InChI=1S/C11H20N4O3S.ClH/c1-4-13-8(2)6-14-19(17,18)9-5-10(11(12)16)15(3)7-9;/h5,7-8,13-14H,4,6H2,1-3H3,(H2,12,16);1H/t8-;/m1./s1. The van der Waals surface area contributed by atoms with E-state index in [1.165, 1.54) is 16.8 Å². The Morgan fingerprint density at radius 1 is 1.50 bits per heavy atom. The molecule has 0 saturated heterocycles. The third-order valence-corrected chi connectivity index (χ3v) is 4.07. The Morgan fingerprint density at radius 3 is 2.55 bits per heavy atom. The van der Waals surface area contributed by atoms with E-state index in [4.69, 9.17) is 5.73 Å². The number of amides is 1. The summed E-state index contributed by atoms with van der Waals surface area (Å²) >= 11 is 0. The molecular formula is C11H21ClN4O3S. The number of hydrogen-bond acceptors (Lipinski definition) is 4. The molecule has 0 aliphatic carbocycles. The van der Waals surface area contributed by atoms with Crippen LogP contribution < -0.4 is 15.8 Å². The number of carbonyl (C=O) groups excluding carboxylic acids is 1. The zero-order valence-electron chi connectivity index (χ0n) is 11.7. The zero-order valence-corrected chi connectivity index (χ0v) is 13.3. The molecule has 4 N–H and O–H groups in total. The van der Waals surface area contributed by atoms with Crippen molar-refractivity contribution in [3.63, 3.8) is 0 Å². The van der Waals surface area contributed by atoms with Crippen LogP contribution in [0.1, 0.15) is 24.3 Å². The minimum absolute atomic E-state index is 0. The van der Waals surface area contributed by atoms with Crippen molar-refractivity contribution in [1.82, 2.24) is 14.6 Å². The topological polar surface area (TPSA) is 106 Å². The summed E-state index contributed by atoms with van der Waals surface area (Å²) in [6.07, 6.45) is 1.36. The quantitative estimate of drug-likeness (QED) is 0.647. The number of rotatable bonds is 7. The van der Waals surface area contributed by atoms with Crippen molar-refractivity contribution in [1.29, 1.82) is 0 Å². The molecule has 1 amide bonds. The van der Waals surface area contributed by atoms with Crippen molar-refractivity contribution >= 4 is 28.3 Å². The zero-order chi connectivity index (χ0) is 14.6. The fraction of sp³-hybridized carbons (Fsp3) is 0.545. The number of aromatic nitrogens is 1. The van der Waals surface area contributed by atoms with Gasteiger partial charge in [-0.15, -0.1) is 12.4 Å². The second-order valence-electron chi connectivity index (χ2n) is 4.35. The fourth-order valence-electron chi connectivity index (χ4n) is 1.66. The average Bonchev–Trinajstić information content (AvgIpc) is 2.70. The minimum atomic E-state index is -3.63. The van der Waals surface area contributed by atoms with E-state index in [1.807, 2.05) is 13.8 Å². The van der Waals surface area contributed by atoms with Gasteiger partial charge in [0.25, 0.3) is 5.91 Å². The van der Waals surface area contributed by atoms with Crippen molar-refractivity contribution in [2.45, 2.75) is 24.8 Å². The number of sulfonamides is 1. The number of halogens is 1. The normalized spacial score (nSPS) is 12.8. The third-order valence-electron chi connectivity index (χ3n) is 2.67. The molecular weight excluding hydrogens is 304 g/mol. The third kappa shape index (κ3) is 4.78. The van der Waals surface area contributed by atoms with Crippen LogP contribution in [0.2, 0.25) is 0 Å². The molecule has 7 nitrogen and oxygen atoms in total. The summed E-state index contributed by atoms with van der Waals surface area (Å²) in [5, 5.41) is 3.10. The van der Waals surface area contributed by atoms with Gasteiger partial charge in [-0.2, -0.15) is 0 Å². The first-order chi connectivity index (χ1) is 8.77. The van der Waals surface area contributed by atoms with E-state index in [9.17, 15) is 13.2 Å². The van der Waals surface area contributed by atoms with Crippen LogP contribution in [0.3, 0.4) is 0 Å². The fourth-order valence-corrected chi connectivity index (χ4v) is 2.86. The Morgan fingerprint density at radius 2 is 2.10 bits per heavy atom. The Bertz CT molecular complexity index is 556. The smallest absolute Gasteiger partial charge is 0.265 e. The summed E-state index contributed by atoms with van der Waals surface area (Å²) in [5.41, 5.74) is 5.30.